The number of hydrogen-bond acceptors (Lipinski definition) is 3. The summed E-state index contributed by atoms with van der Waals surface area (Å²) in [5, 5.41) is 0. The molecule has 1 saturated heterocycles. The third kappa shape index (κ3) is 3.57. The molecule has 1 fully saturated rings. The van der Waals surface area contributed by atoms with Crippen molar-refractivity contribution in [1.29, 1.82) is 0 Å². The number of hydrogen-bond donors (Lipinski definition) is 0. The molecule has 1 atom stereocenters. The maximum Gasteiger partial charge on any atom is 0.257 e. The predicted octanol–water partition coefficient (Wildman–Crippen LogP) is 3.18. The van der Waals surface area contributed by atoms with Gasteiger partial charge in [0.1, 0.15) is 11.9 Å². The molecule has 1 aliphatic heterocycles. The van der Waals surface area contributed by atoms with E-state index in [-0.39, 0.29) is 11.3 Å². The second kappa shape index (κ2) is 6.70. The number of rotatable bonds is 2. The van der Waals surface area contributed by atoms with E-state index in [1.807, 2.05) is 57.2 Å². The van der Waals surface area contributed by atoms with E-state index in [1.165, 1.54) is 5.56 Å². The summed E-state index contributed by atoms with van der Waals surface area (Å²) in [5.74, 6) is 6.85. The van der Waals surface area contributed by atoms with Gasteiger partial charge < -0.3 is 4.74 Å². The normalized spacial score (nSPS) is 18.8. The zero-order chi connectivity index (χ0) is 18.0. The maximum atomic E-state index is 12.5. The SMILES string of the molecule is COC1C(=O)N(c2ccc(C#Cc3cccc(C)c3)cn2)CC1(C)C. The summed E-state index contributed by atoms with van der Waals surface area (Å²) in [6.45, 7) is 6.69. The van der Waals surface area contributed by atoms with Gasteiger partial charge in [-0.3, -0.25) is 9.69 Å². The molecule has 1 amide bonds. The third-order valence-corrected chi connectivity index (χ3v) is 4.40. The van der Waals surface area contributed by atoms with E-state index >= 15 is 0 Å². The Morgan fingerprint density at radius 1 is 1.20 bits per heavy atom. The van der Waals surface area contributed by atoms with Gasteiger partial charge in [-0.25, -0.2) is 4.98 Å². The highest BCUT2D eigenvalue weighted by atomic mass is 16.5. The van der Waals surface area contributed by atoms with Crippen LogP contribution in [0.5, 0.6) is 0 Å². The summed E-state index contributed by atoms with van der Waals surface area (Å²) in [6, 6.07) is 11.8. The zero-order valence-electron chi connectivity index (χ0n) is 15.0. The summed E-state index contributed by atoms with van der Waals surface area (Å²) in [5.41, 5.74) is 2.74. The first-order valence-corrected chi connectivity index (χ1v) is 8.29. The summed E-state index contributed by atoms with van der Waals surface area (Å²) in [4.78, 5) is 18.6. The number of methoxy groups -OCH3 is 1. The molecule has 0 radical (unpaired) electrons. The Bertz CT molecular complexity index is 844. The first-order valence-electron chi connectivity index (χ1n) is 8.29. The fraction of sp³-hybridized carbons (Fsp3) is 0.333. The number of aromatic nitrogens is 1. The van der Waals surface area contributed by atoms with E-state index in [4.69, 9.17) is 4.74 Å². The van der Waals surface area contributed by atoms with Crippen LogP contribution in [-0.4, -0.2) is 30.6 Å². The largest absolute Gasteiger partial charge is 0.371 e. The first kappa shape index (κ1) is 17.2. The lowest BCUT2D eigenvalue weighted by atomic mass is 9.90. The molecule has 4 heteroatoms. The molecule has 0 N–H and O–H groups in total. The van der Waals surface area contributed by atoms with Crippen LogP contribution in [0.15, 0.2) is 42.6 Å². The molecule has 0 bridgehead atoms. The molecular weight excluding hydrogens is 312 g/mol. The van der Waals surface area contributed by atoms with Crippen molar-refractivity contribution in [2.24, 2.45) is 5.41 Å². The van der Waals surface area contributed by atoms with Crippen molar-refractivity contribution in [3.63, 3.8) is 0 Å². The van der Waals surface area contributed by atoms with Gasteiger partial charge in [-0.15, -0.1) is 0 Å². The van der Waals surface area contributed by atoms with E-state index in [2.05, 4.69) is 16.8 Å². The molecule has 4 nitrogen and oxygen atoms in total. The molecule has 1 aliphatic rings. The van der Waals surface area contributed by atoms with Gasteiger partial charge in [0.05, 0.1) is 0 Å². The van der Waals surface area contributed by atoms with Crippen LogP contribution in [0, 0.1) is 24.2 Å². The van der Waals surface area contributed by atoms with Gasteiger partial charge in [0, 0.05) is 36.4 Å². The summed E-state index contributed by atoms with van der Waals surface area (Å²) in [7, 11) is 1.57. The molecule has 1 unspecified atom stereocenters. The minimum atomic E-state index is -0.435. The van der Waals surface area contributed by atoms with Gasteiger partial charge in [0.15, 0.2) is 0 Å². The second-order valence-electron chi connectivity index (χ2n) is 7.05. The van der Waals surface area contributed by atoms with Crippen molar-refractivity contribution >= 4 is 11.7 Å². The second-order valence-corrected chi connectivity index (χ2v) is 7.05. The highest BCUT2D eigenvalue weighted by Crippen LogP contribution is 2.34. The number of pyridine rings is 1. The lowest BCUT2D eigenvalue weighted by Crippen LogP contribution is -2.33. The van der Waals surface area contributed by atoms with Gasteiger partial charge in [-0.1, -0.05) is 37.8 Å². The van der Waals surface area contributed by atoms with Gasteiger partial charge in [0.25, 0.3) is 5.91 Å². The van der Waals surface area contributed by atoms with Gasteiger partial charge in [-0.05, 0) is 36.8 Å². The van der Waals surface area contributed by atoms with Crippen LogP contribution in [0.2, 0.25) is 0 Å². The van der Waals surface area contributed by atoms with Crippen LogP contribution in [0.25, 0.3) is 0 Å². The minimum Gasteiger partial charge on any atom is -0.371 e. The number of amides is 1. The van der Waals surface area contributed by atoms with Crippen LogP contribution >= 0.6 is 0 Å². The van der Waals surface area contributed by atoms with Crippen molar-refractivity contribution in [3.8, 4) is 11.8 Å². The number of anilines is 1. The minimum absolute atomic E-state index is 0.0430. The lowest BCUT2D eigenvalue weighted by Gasteiger charge is -2.21. The third-order valence-electron chi connectivity index (χ3n) is 4.40. The monoisotopic (exact) mass is 334 g/mol. The van der Waals surface area contributed by atoms with Crippen molar-refractivity contribution in [1.82, 2.24) is 4.98 Å². The Morgan fingerprint density at radius 2 is 1.96 bits per heavy atom. The van der Waals surface area contributed by atoms with E-state index in [0.717, 1.165) is 11.1 Å². The number of carbonyl (C=O) groups is 1. The molecule has 0 spiro atoms. The van der Waals surface area contributed by atoms with Gasteiger partial charge >= 0.3 is 0 Å². The number of aryl methyl sites for hydroxylation is 1. The molecule has 1 aromatic carbocycles. The van der Waals surface area contributed by atoms with E-state index in [9.17, 15) is 4.79 Å². The topological polar surface area (TPSA) is 42.4 Å². The quantitative estimate of drug-likeness (QED) is 0.792. The number of benzene rings is 1. The molecular formula is C21H22N2O2. The Morgan fingerprint density at radius 3 is 2.56 bits per heavy atom. The van der Waals surface area contributed by atoms with E-state index < -0.39 is 6.10 Å². The fourth-order valence-electron chi connectivity index (χ4n) is 3.14. The Hall–Kier alpha value is -2.64. The molecule has 25 heavy (non-hydrogen) atoms. The van der Waals surface area contributed by atoms with Gasteiger partial charge in [-0.2, -0.15) is 0 Å². The summed E-state index contributed by atoms with van der Waals surface area (Å²) < 4.78 is 5.37. The lowest BCUT2D eigenvalue weighted by molar-refractivity contribution is -0.128. The zero-order valence-corrected chi connectivity index (χ0v) is 15.0. The fourth-order valence-corrected chi connectivity index (χ4v) is 3.14. The highest BCUT2D eigenvalue weighted by Gasteiger charge is 2.47. The van der Waals surface area contributed by atoms with Crippen molar-refractivity contribution in [2.75, 3.05) is 18.6 Å². The number of nitrogens with zero attached hydrogens (tertiary/aromatic N) is 2. The average molecular weight is 334 g/mol. The molecule has 1 aromatic heterocycles. The smallest absolute Gasteiger partial charge is 0.257 e. The maximum absolute atomic E-state index is 12.5. The van der Waals surface area contributed by atoms with Crippen LogP contribution in [0.1, 0.15) is 30.5 Å². The Labute approximate surface area is 148 Å². The molecule has 0 aliphatic carbocycles. The molecule has 2 aromatic rings. The Kier molecular flexibility index (Phi) is 4.61. The van der Waals surface area contributed by atoms with E-state index in [1.54, 1.807) is 18.2 Å². The van der Waals surface area contributed by atoms with Crippen LogP contribution < -0.4 is 4.90 Å². The predicted molar refractivity (Wildman–Crippen MR) is 98.3 cm³/mol. The van der Waals surface area contributed by atoms with Crippen molar-refractivity contribution < 1.29 is 9.53 Å². The number of ether oxygens (including phenoxy) is 1. The standard InChI is InChI=1S/C21H22N2O2/c1-15-6-5-7-16(12-15)8-9-17-10-11-18(22-13-17)23-14-21(2,3)19(25-4)20(23)24/h5-7,10-13,19H,14H2,1-4H3. The Balaban J connectivity index is 1.79. The average Bonchev–Trinajstić information content (AvgIpc) is 2.82. The van der Waals surface area contributed by atoms with Gasteiger partial charge in [0.2, 0.25) is 0 Å². The number of carbonyl (C=O) groups excluding carboxylic acids is 1. The highest BCUT2D eigenvalue weighted by molar-refractivity contribution is 5.99. The van der Waals surface area contributed by atoms with Crippen LogP contribution in [0.4, 0.5) is 5.82 Å². The van der Waals surface area contributed by atoms with Crippen LogP contribution in [-0.2, 0) is 9.53 Å². The summed E-state index contributed by atoms with van der Waals surface area (Å²) >= 11 is 0. The van der Waals surface area contributed by atoms with Crippen molar-refractivity contribution in [2.45, 2.75) is 26.9 Å². The molecule has 0 saturated carbocycles. The van der Waals surface area contributed by atoms with Crippen LogP contribution in [0.3, 0.4) is 0 Å². The van der Waals surface area contributed by atoms with E-state index in [0.29, 0.717) is 12.4 Å². The van der Waals surface area contributed by atoms with Crippen molar-refractivity contribution in [3.05, 3.63) is 59.3 Å². The summed E-state index contributed by atoms with van der Waals surface area (Å²) in [6.07, 6.45) is 1.27. The molecule has 3 rings (SSSR count). The molecule has 128 valence electrons. The first-order chi connectivity index (χ1) is 11.9. The molecule has 2 heterocycles.